The molecule has 0 spiro atoms. The lowest BCUT2D eigenvalue weighted by atomic mass is 10.1. The summed E-state index contributed by atoms with van der Waals surface area (Å²) in [7, 11) is 0. The molecule has 6 heteroatoms. The van der Waals surface area contributed by atoms with Gasteiger partial charge in [-0.25, -0.2) is 19.9 Å². The molecule has 6 aromatic carbocycles. The van der Waals surface area contributed by atoms with Crippen LogP contribution in [0.3, 0.4) is 0 Å². The first kappa shape index (κ1) is 26.0. The molecule has 216 valence electrons. The van der Waals surface area contributed by atoms with E-state index in [0.717, 1.165) is 60.8 Å². The number of nitrogens with zero attached hydrogens (tertiary/aromatic N) is 5. The third kappa shape index (κ3) is 4.43. The molecular weight excluding hydrogens is 566 g/mol. The Labute approximate surface area is 264 Å². The van der Waals surface area contributed by atoms with Crippen molar-refractivity contribution in [3.8, 4) is 51.3 Å². The zero-order valence-electron chi connectivity index (χ0n) is 24.6. The summed E-state index contributed by atoms with van der Waals surface area (Å²) in [4.78, 5) is 19.7. The minimum Gasteiger partial charge on any atom is -0.436 e. The molecule has 0 radical (unpaired) electrons. The van der Waals surface area contributed by atoms with Gasteiger partial charge in [0.25, 0.3) is 0 Å². The summed E-state index contributed by atoms with van der Waals surface area (Å²) in [5, 5.41) is 2.24. The largest absolute Gasteiger partial charge is 0.436 e. The van der Waals surface area contributed by atoms with Crippen LogP contribution in [0, 0.1) is 0 Å². The number of hydrogen-bond donors (Lipinski definition) is 0. The second-order valence-electron chi connectivity index (χ2n) is 11.2. The summed E-state index contributed by atoms with van der Waals surface area (Å²) < 4.78 is 8.54. The van der Waals surface area contributed by atoms with Crippen molar-refractivity contribution in [1.29, 1.82) is 0 Å². The molecule has 0 amide bonds. The van der Waals surface area contributed by atoms with Gasteiger partial charge < -0.3 is 8.98 Å². The van der Waals surface area contributed by atoms with Crippen molar-refractivity contribution in [3.63, 3.8) is 0 Å². The topological polar surface area (TPSA) is 69.6 Å². The van der Waals surface area contributed by atoms with E-state index in [1.807, 2.05) is 91.0 Å². The quantitative estimate of drug-likeness (QED) is 0.199. The lowest BCUT2D eigenvalue weighted by molar-refractivity contribution is 0.620. The van der Waals surface area contributed by atoms with Gasteiger partial charge in [0.15, 0.2) is 23.1 Å². The first-order valence-corrected chi connectivity index (χ1v) is 15.2. The molecule has 0 atom stereocenters. The first-order valence-electron chi connectivity index (χ1n) is 15.2. The van der Waals surface area contributed by atoms with E-state index in [1.54, 1.807) is 0 Å². The molecule has 3 heterocycles. The second kappa shape index (κ2) is 10.6. The van der Waals surface area contributed by atoms with Gasteiger partial charge in [-0.2, -0.15) is 0 Å². The average molecular weight is 592 g/mol. The number of rotatable bonds is 5. The fourth-order valence-corrected chi connectivity index (χ4v) is 6.09. The van der Waals surface area contributed by atoms with Crippen molar-refractivity contribution >= 4 is 32.9 Å². The van der Waals surface area contributed by atoms with Crippen LogP contribution < -0.4 is 0 Å². The average Bonchev–Trinajstić information content (AvgIpc) is 3.70. The molecular formula is C40H25N5O. The zero-order valence-corrected chi connectivity index (χ0v) is 24.6. The van der Waals surface area contributed by atoms with Crippen LogP contribution in [0.5, 0.6) is 0 Å². The highest BCUT2D eigenvalue weighted by atomic mass is 16.3. The molecule has 9 aromatic rings. The van der Waals surface area contributed by atoms with Crippen molar-refractivity contribution in [2.75, 3.05) is 0 Å². The van der Waals surface area contributed by atoms with Crippen molar-refractivity contribution in [2.45, 2.75) is 0 Å². The van der Waals surface area contributed by atoms with E-state index in [-0.39, 0.29) is 0 Å². The predicted molar refractivity (Wildman–Crippen MR) is 183 cm³/mol. The maximum absolute atomic E-state index is 6.26. The van der Waals surface area contributed by atoms with Crippen LogP contribution in [-0.4, -0.2) is 24.5 Å². The summed E-state index contributed by atoms with van der Waals surface area (Å²) in [5.74, 6) is 2.49. The highest BCUT2D eigenvalue weighted by Crippen LogP contribution is 2.37. The molecule has 0 N–H and O–H groups in total. The molecule has 0 aliphatic rings. The van der Waals surface area contributed by atoms with E-state index >= 15 is 0 Å². The van der Waals surface area contributed by atoms with E-state index < -0.39 is 0 Å². The summed E-state index contributed by atoms with van der Waals surface area (Å²) in [6.07, 6.45) is 0. The summed E-state index contributed by atoms with van der Waals surface area (Å²) in [5.41, 5.74) is 8.43. The molecule has 6 nitrogen and oxygen atoms in total. The van der Waals surface area contributed by atoms with Crippen LogP contribution in [0.25, 0.3) is 84.2 Å². The molecule has 0 saturated carbocycles. The Bertz CT molecular complexity index is 2460. The maximum atomic E-state index is 6.26. The van der Waals surface area contributed by atoms with Crippen LogP contribution in [0.15, 0.2) is 156 Å². The zero-order chi connectivity index (χ0) is 30.5. The van der Waals surface area contributed by atoms with Gasteiger partial charge in [0.1, 0.15) is 5.52 Å². The Morgan fingerprint density at radius 1 is 0.413 bits per heavy atom. The summed E-state index contributed by atoms with van der Waals surface area (Å²) >= 11 is 0. The monoisotopic (exact) mass is 591 g/mol. The van der Waals surface area contributed by atoms with Crippen LogP contribution in [-0.2, 0) is 0 Å². The third-order valence-electron chi connectivity index (χ3n) is 8.26. The number of aromatic nitrogens is 5. The third-order valence-corrected chi connectivity index (χ3v) is 8.26. The van der Waals surface area contributed by atoms with Gasteiger partial charge in [-0.1, -0.05) is 109 Å². The van der Waals surface area contributed by atoms with Crippen molar-refractivity contribution in [2.24, 2.45) is 0 Å². The van der Waals surface area contributed by atoms with E-state index in [0.29, 0.717) is 23.4 Å². The SMILES string of the molecule is c1ccc(-c2nc(-c3ccccc3)nc(-c3cccc(-n4c5ccccc5c5cc6oc(-c7ccccc7)nc6cc54)c3)n2)cc1. The number of hydrogen-bond acceptors (Lipinski definition) is 5. The Hall–Kier alpha value is -6.40. The fourth-order valence-electron chi connectivity index (χ4n) is 6.09. The highest BCUT2D eigenvalue weighted by Gasteiger charge is 2.18. The molecule has 0 aliphatic heterocycles. The Balaban J connectivity index is 1.23. The molecule has 3 aromatic heterocycles. The van der Waals surface area contributed by atoms with Crippen LogP contribution >= 0.6 is 0 Å². The van der Waals surface area contributed by atoms with Crippen LogP contribution in [0.2, 0.25) is 0 Å². The minimum absolute atomic E-state index is 0.611. The van der Waals surface area contributed by atoms with E-state index in [4.69, 9.17) is 24.4 Å². The molecule has 0 saturated heterocycles. The van der Waals surface area contributed by atoms with Crippen molar-refractivity contribution in [1.82, 2.24) is 24.5 Å². The molecule has 0 fully saturated rings. The minimum atomic E-state index is 0.611. The van der Waals surface area contributed by atoms with Crippen LogP contribution in [0.1, 0.15) is 0 Å². The smallest absolute Gasteiger partial charge is 0.227 e. The van der Waals surface area contributed by atoms with Gasteiger partial charge in [0.2, 0.25) is 5.89 Å². The van der Waals surface area contributed by atoms with Crippen molar-refractivity contribution in [3.05, 3.63) is 152 Å². The standard InChI is InChI=1S/C40H25N5O/c1-4-13-26(14-5-1)37-42-38(27-15-6-2-7-16-27)44-39(43-37)29-19-12-20-30(23-29)45-34-22-11-10-21-31(34)32-24-36-33(25-35(32)45)41-40(46-36)28-17-8-3-9-18-28/h1-25H. The lowest BCUT2D eigenvalue weighted by Crippen LogP contribution is -2.01. The van der Waals surface area contributed by atoms with Gasteiger partial charge >= 0.3 is 0 Å². The van der Waals surface area contributed by atoms with Gasteiger partial charge in [0.05, 0.1) is 11.0 Å². The number of benzene rings is 6. The fraction of sp³-hybridized carbons (Fsp3) is 0. The van der Waals surface area contributed by atoms with Gasteiger partial charge in [-0.05, 0) is 42.5 Å². The molecule has 0 unspecified atom stereocenters. The van der Waals surface area contributed by atoms with E-state index in [2.05, 4.69) is 65.2 Å². The molecule has 9 rings (SSSR count). The number of fused-ring (bicyclic) bond motifs is 4. The molecule has 0 bridgehead atoms. The van der Waals surface area contributed by atoms with E-state index in [9.17, 15) is 0 Å². The van der Waals surface area contributed by atoms with Crippen LogP contribution in [0.4, 0.5) is 0 Å². The maximum Gasteiger partial charge on any atom is 0.227 e. The molecule has 0 aliphatic carbocycles. The van der Waals surface area contributed by atoms with Gasteiger partial charge in [0, 0.05) is 38.7 Å². The van der Waals surface area contributed by atoms with Gasteiger partial charge in [-0.15, -0.1) is 0 Å². The lowest BCUT2D eigenvalue weighted by Gasteiger charge is -2.11. The second-order valence-corrected chi connectivity index (χ2v) is 11.2. The summed E-state index contributed by atoms with van der Waals surface area (Å²) in [6, 6.07) is 51.1. The molecule has 46 heavy (non-hydrogen) atoms. The van der Waals surface area contributed by atoms with Gasteiger partial charge in [-0.3, -0.25) is 0 Å². The normalized spacial score (nSPS) is 11.5. The highest BCUT2D eigenvalue weighted by molar-refractivity contribution is 6.12. The Morgan fingerprint density at radius 3 is 1.65 bits per heavy atom. The number of oxazole rings is 1. The Morgan fingerprint density at radius 2 is 0.978 bits per heavy atom. The van der Waals surface area contributed by atoms with E-state index in [1.165, 1.54) is 0 Å². The number of para-hydroxylation sites is 1. The first-order chi connectivity index (χ1) is 22.8. The predicted octanol–water partition coefficient (Wildman–Crippen LogP) is 9.78. The van der Waals surface area contributed by atoms with Crippen molar-refractivity contribution < 1.29 is 4.42 Å². The Kier molecular flexibility index (Phi) is 6.03. The summed E-state index contributed by atoms with van der Waals surface area (Å²) in [6.45, 7) is 0.